The summed E-state index contributed by atoms with van der Waals surface area (Å²) in [5.74, 6) is -0.0811. The fourth-order valence-electron chi connectivity index (χ4n) is 2.79. The van der Waals surface area contributed by atoms with Crippen LogP contribution in [-0.4, -0.2) is 36.6 Å². The third-order valence-corrected chi connectivity index (χ3v) is 3.98. The van der Waals surface area contributed by atoms with Crippen molar-refractivity contribution in [3.05, 3.63) is 0 Å². The minimum Gasteiger partial charge on any atom is -0.481 e. The third kappa shape index (κ3) is 6.89. The van der Waals surface area contributed by atoms with Crippen LogP contribution in [0, 0.1) is 11.8 Å². The lowest BCUT2D eigenvalue weighted by molar-refractivity contribution is -0.137. The van der Waals surface area contributed by atoms with E-state index in [2.05, 4.69) is 17.6 Å². The zero-order valence-electron chi connectivity index (χ0n) is 12.5. The van der Waals surface area contributed by atoms with Crippen LogP contribution in [0.3, 0.4) is 0 Å². The number of hydrogen-bond donors (Lipinski definition) is 3. The highest BCUT2D eigenvalue weighted by molar-refractivity contribution is 5.78. The number of rotatable bonds is 9. The quantitative estimate of drug-likeness (QED) is 0.603. The van der Waals surface area contributed by atoms with Gasteiger partial charge in [0.05, 0.1) is 5.92 Å². The summed E-state index contributed by atoms with van der Waals surface area (Å²) < 4.78 is 0. The van der Waals surface area contributed by atoms with Crippen molar-refractivity contribution < 1.29 is 14.7 Å². The Hall–Kier alpha value is -1.10. The van der Waals surface area contributed by atoms with Gasteiger partial charge in [0, 0.05) is 19.5 Å². The summed E-state index contributed by atoms with van der Waals surface area (Å²) in [7, 11) is 0. The Kier molecular flexibility index (Phi) is 8.26. The van der Waals surface area contributed by atoms with Crippen molar-refractivity contribution in [1.82, 2.24) is 10.6 Å². The van der Waals surface area contributed by atoms with Crippen LogP contribution >= 0.6 is 0 Å². The highest BCUT2D eigenvalue weighted by atomic mass is 16.4. The molecule has 0 aromatic heterocycles. The van der Waals surface area contributed by atoms with Gasteiger partial charge in [-0.1, -0.05) is 19.8 Å². The molecule has 2 atom stereocenters. The lowest BCUT2D eigenvalue weighted by atomic mass is 9.94. The average molecular weight is 284 g/mol. The smallest absolute Gasteiger partial charge is 0.303 e. The van der Waals surface area contributed by atoms with E-state index in [0.717, 1.165) is 45.2 Å². The predicted octanol–water partition coefficient (Wildman–Crippen LogP) is 1.77. The monoisotopic (exact) mass is 284 g/mol. The van der Waals surface area contributed by atoms with Gasteiger partial charge < -0.3 is 15.7 Å². The number of carboxylic acids is 1. The summed E-state index contributed by atoms with van der Waals surface area (Å²) in [4.78, 5) is 22.6. The first-order valence-corrected chi connectivity index (χ1v) is 7.83. The number of carbonyl (C=O) groups excluding carboxylic acids is 1. The molecule has 1 rings (SSSR count). The second-order valence-electron chi connectivity index (χ2n) is 5.71. The first-order valence-electron chi connectivity index (χ1n) is 7.83. The maximum atomic E-state index is 12.0. The van der Waals surface area contributed by atoms with Gasteiger partial charge in [-0.05, 0) is 38.1 Å². The molecule has 3 N–H and O–H groups in total. The van der Waals surface area contributed by atoms with Crippen LogP contribution in [0.15, 0.2) is 0 Å². The molecule has 1 fully saturated rings. The molecule has 1 aliphatic rings. The molecule has 1 aliphatic heterocycles. The van der Waals surface area contributed by atoms with Crippen molar-refractivity contribution in [3.63, 3.8) is 0 Å². The topological polar surface area (TPSA) is 78.4 Å². The molecule has 1 saturated heterocycles. The van der Waals surface area contributed by atoms with Crippen LogP contribution in [0.25, 0.3) is 0 Å². The average Bonchev–Trinajstić information content (AvgIpc) is 2.45. The maximum absolute atomic E-state index is 12.0. The lowest BCUT2D eigenvalue weighted by Crippen LogP contribution is -2.41. The van der Waals surface area contributed by atoms with E-state index in [0.29, 0.717) is 18.9 Å². The molecule has 116 valence electrons. The summed E-state index contributed by atoms with van der Waals surface area (Å²) in [5.41, 5.74) is 0. The number of hydrogen-bond acceptors (Lipinski definition) is 3. The van der Waals surface area contributed by atoms with Crippen molar-refractivity contribution in [3.8, 4) is 0 Å². The molecule has 5 heteroatoms. The van der Waals surface area contributed by atoms with Gasteiger partial charge in [0.1, 0.15) is 0 Å². The molecule has 1 amide bonds. The van der Waals surface area contributed by atoms with Crippen molar-refractivity contribution >= 4 is 11.9 Å². The van der Waals surface area contributed by atoms with Crippen molar-refractivity contribution in [2.75, 3.05) is 19.6 Å². The molecule has 1 heterocycles. The summed E-state index contributed by atoms with van der Waals surface area (Å²) in [6, 6.07) is 0. The molecule has 0 spiro atoms. The predicted molar refractivity (Wildman–Crippen MR) is 78.5 cm³/mol. The first-order chi connectivity index (χ1) is 9.63. The number of nitrogens with one attached hydrogen (secondary N) is 2. The van der Waals surface area contributed by atoms with E-state index < -0.39 is 5.97 Å². The molecular formula is C15H28N2O3. The molecular weight excluding hydrogens is 256 g/mol. The molecule has 0 aromatic carbocycles. The Morgan fingerprint density at radius 2 is 2.15 bits per heavy atom. The van der Waals surface area contributed by atoms with Gasteiger partial charge in [-0.15, -0.1) is 0 Å². The number of piperidine rings is 1. The highest BCUT2D eigenvalue weighted by Gasteiger charge is 2.20. The summed E-state index contributed by atoms with van der Waals surface area (Å²) in [5, 5.41) is 15.0. The molecule has 0 aromatic rings. The Morgan fingerprint density at radius 1 is 1.35 bits per heavy atom. The molecule has 0 saturated carbocycles. The van der Waals surface area contributed by atoms with Crippen LogP contribution in [0.4, 0.5) is 0 Å². The number of amides is 1. The van der Waals surface area contributed by atoms with Gasteiger partial charge in [-0.2, -0.15) is 0 Å². The van der Waals surface area contributed by atoms with Crippen molar-refractivity contribution in [1.29, 1.82) is 0 Å². The standard InChI is InChI=1S/C15H28N2O3/c1-2-4-12(6-7-14(18)19)8-10-17-15(20)13-5-3-9-16-11-13/h12-13,16H,2-11H2,1H3,(H,17,20)(H,18,19). The van der Waals surface area contributed by atoms with E-state index in [9.17, 15) is 9.59 Å². The number of carbonyl (C=O) groups is 2. The van der Waals surface area contributed by atoms with E-state index in [1.807, 2.05) is 0 Å². The minimum atomic E-state index is -0.733. The second-order valence-corrected chi connectivity index (χ2v) is 5.71. The fraction of sp³-hybridized carbons (Fsp3) is 0.867. The van der Waals surface area contributed by atoms with E-state index >= 15 is 0 Å². The van der Waals surface area contributed by atoms with Gasteiger partial charge in [0.15, 0.2) is 0 Å². The molecule has 2 unspecified atom stereocenters. The maximum Gasteiger partial charge on any atom is 0.303 e. The van der Waals surface area contributed by atoms with Gasteiger partial charge >= 0.3 is 5.97 Å². The van der Waals surface area contributed by atoms with Gasteiger partial charge in [-0.25, -0.2) is 0 Å². The Labute approximate surface area is 121 Å². The van der Waals surface area contributed by atoms with E-state index in [1.165, 1.54) is 0 Å². The van der Waals surface area contributed by atoms with Crippen molar-refractivity contribution in [2.24, 2.45) is 11.8 Å². The largest absolute Gasteiger partial charge is 0.481 e. The Balaban J connectivity index is 2.21. The van der Waals surface area contributed by atoms with Crippen LogP contribution in [0.5, 0.6) is 0 Å². The second kappa shape index (κ2) is 9.75. The number of aliphatic carboxylic acids is 1. The number of carboxylic acid groups (broad SMARTS) is 1. The van der Waals surface area contributed by atoms with Crippen molar-refractivity contribution in [2.45, 2.75) is 51.9 Å². The SMILES string of the molecule is CCCC(CCNC(=O)C1CCCNC1)CCC(=O)O. The summed E-state index contributed by atoms with van der Waals surface area (Å²) in [6.07, 6.45) is 5.95. The first kappa shape index (κ1) is 17.0. The zero-order valence-corrected chi connectivity index (χ0v) is 12.5. The molecule has 0 bridgehead atoms. The zero-order chi connectivity index (χ0) is 14.8. The van der Waals surface area contributed by atoms with Gasteiger partial charge in [0.25, 0.3) is 0 Å². The molecule has 0 radical (unpaired) electrons. The lowest BCUT2D eigenvalue weighted by Gasteiger charge is -2.22. The normalized spacial score (nSPS) is 20.4. The molecule has 0 aliphatic carbocycles. The van der Waals surface area contributed by atoms with Crippen LogP contribution < -0.4 is 10.6 Å². The highest BCUT2D eigenvalue weighted by Crippen LogP contribution is 2.17. The molecule has 5 nitrogen and oxygen atoms in total. The fourth-order valence-corrected chi connectivity index (χ4v) is 2.79. The van der Waals surface area contributed by atoms with E-state index in [4.69, 9.17) is 5.11 Å². The van der Waals surface area contributed by atoms with Gasteiger partial charge in [-0.3, -0.25) is 9.59 Å². The summed E-state index contributed by atoms with van der Waals surface area (Å²) >= 11 is 0. The summed E-state index contributed by atoms with van der Waals surface area (Å²) in [6.45, 7) is 4.57. The van der Waals surface area contributed by atoms with E-state index in [-0.39, 0.29) is 18.2 Å². The third-order valence-electron chi connectivity index (χ3n) is 3.98. The van der Waals surface area contributed by atoms with Gasteiger partial charge in [0.2, 0.25) is 5.91 Å². The van der Waals surface area contributed by atoms with Crippen LogP contribution in [-0.2, 0) is 9.59 Å². The van der Waals surface area contributed by atoms with Crippen LogP contribution in [0.2, 0.25) is 0 Å². The van der Waals surface area contributed by atoms with Crippen LogP contribution in [0.1, 0.15) is 51.9 Å². The van der Waals surface area contributed by atoms with E-state index in [1.54, 1.807) is 0 Å². The minimum absolute atomic E-state index is 0.104. The Morgan fingerprint density at radius 3 is 2.75 bits per heavy atom. The Bertz CT molecular complexity index is 301. The molecule has 20 heavy (non-hydrogen) atoms.